The molecular weight excluding hydrogens is 308 g/mol. The molecule has 1 heterocycles. The average molecular weight is 338 g/mol. The van der Waals surface area contributed by atoms with Gasteiger partial charge in [0.15, 0.2) is 0 Å². The van der Waals surface area contributed by atoms with Gasteiger partial charge in [-0.1, -0.05) is 42.5 Å². The molecule has 2 aromatic rings. The quantitative estimate of drug-likeness (QED) is 0.767. The number of hydrogen-bond donors (Lipinski definition) is 1. The summed E-state index contributed by atoms with van der Waals surface area (Å²) < 4.78 is 5.57. The Morgan fingerprint density at radius 2 is 1.76 bits per heavy atom. The first kappa shape index (κ1) is 18.0. The second kappa shape index (κ2) is 9.59. The van der Waals surface area contributed by atoms with Gasteiger partial charge in [-0.25, -0.2) is 0 Å². The molecule has 0 unspecified atom stereocenters. The molecule has 0 aliphatic heterocycles. The Bertz CT molecular complexity index is 613. The van der Waals surface area contributed by atoms with E-state index in [1.54, 1.807) is 6.26 Å². The SMILES string of the molecule is NCC1CCC(CN(CC=Cc2ccccc2)Cc2ccco2)CC1. The van der Waals surface area contributed by atoms with Crippen molar-refractivity contribution in [3.63, 3.8) is 0 Å². The fraction of sp³-hybridized carbons (Fsp3) is 0.455. The van der Waals surface area contributed by atoms with E-state index in [2.05, 4.69) is 53.5 Å². The van der Waals surface area contributed by atoms with Crippen LogP contribution >= 0.6 is 0 Å². The molecule has 3 heteroatoms. The average Bonchev–Trinajstić information content (AvgIpc) is 3.16. The van der Waals surface area contributed by atoms with E-state index in [9.17, 15) is 0 Å². The van der Waals surface area contributed by atoms with Crippen LogP contribution in [0.1, 0.15) is 37.0 Å². The first-order valence-electron chi connectivity index (χ1n) is 9.50. The highest BCUT2D eigenvalue weighted by molar-refractivity contribution is 5.48. The van der Waals surface area contributed by atoms with Gasteiger partial charge in [-0.15, -0.1) is 0 Å². The molecular formula is C22H30N2O. The minimum absolute atomic E-state index is 0.743. The smallest absolute Gasteiger partial charge is 0.117 e. The Kier molecular flexibility index (Phi) is 6.89. The van der Waals surface area contributed by atoms with Gasteiger partial charge in [0.1, 0.15) is 5.76 Å². The van der Waals surface area contributed by atoms with Crippen LogP contribution in [-0.2, 0) is 6.54 Å². The van der Waals surface area contributed by atoms with Crippen molar-refractivity contribution in [2.24, 2.45) is 17.6 Å². The van der Waals surface area contributed by atoms with Gasteiger partial charge in [-0.05, 0) is 61.8 Å². The molecule has 1 aromatic carbocycles. The van der Waals surface area contributed by atoms with Gasteiger partial charge in [-0.3, -0.25) is 4.90 Å². The van der Waals surface area contributed by atoms with E-state index in [1.807, 2.05) is 6.07 Å². The van der Waals surface area contributed by atoms with Gasteiger partial charge < -0.3 is 10.2 Å². The number of benzene rings is 1. The number of nitrogens with zero attached hydrogens (tertiary/aromatic N) is 1. The van der Waals surface area contributed by atoms with Gasteiger partial charge in [-0.2, -0.15) is 0 Å². The summed E-state index contributed by atoms with van der Waals surface area (Å²) in [4.78, 5) is 2.51. The Morgan fingerprint density at radius 1 is 1.00 bits per heavy atom. The van der Waals surface area contributed by atoms with Crippen molar-refractivity contribution >= 4 is 6.08 Å². The third-order valence-corrected chi connectivity index (χ3v) is 5.25. The van der Waals surface area contributed by atoms with Crippen LogP contribution < -0.4 is 5.73 Å². The molecule has 0 saturated heterocycles. The Balaban J connectivity index is 1.56. The highest BCUT2D eigenvalue weighted by Crippen LogP contribution is 2.29. The van der Waals surface area contributed by atoms with Gasteiger partial charge in [0.2, 0.25) is 0 Å². The fourth-order valence-electron chi connectivity index (χ4n) is 3.74. The van der Waals surface area contributed by atoms with E-state index in [-0.39, 0.29) is 0 Å². The molecule has 134 valence electrons. The number of furan rings is 1. The normalized spacial score (nSPS) is 21.2. The van der Waals surface area contributed by atoms with Crippen molar-refractivity contribution < 1.29 is 4.42 Å². The van der Waals surface area contributed by atoms with Gasteiger partial charge in [0, 0.05) is 13.1 Å². The summed E-state index contributed by atoms with van der Waals surface area (Å²) in [5, 5.41) is 0. The van der Waals surface area contributed by atoms with Crippen LogP contribution in [-0.4, -0.2) is 24.5 Å². The van der Waals surface area contributed by atoms with Gasteiger partial charge in [0.25, 0.3) is 0 Å². The van der Waals surface area contributed by atoms with Crippen molar-refractivity contribution in [2.45, 2.75) is 32.2 Å². The van der Waals surface area contributed by atoms with Crippen LogP contribution in [0, 0.1) is 11.8 Å². The van der Waals surface area contributed by atoms with Crippen LogP contribution in [0.25, 0.3) is 6.08 Å². The number of nitrogens with two attached hydrogens (primary N) is 1. The molecule has 25 heavy (non-hydrogen) atoms. The van der Waals surface area contributed by atoms with Crippen LogP contribution in [0.15, 0.2) is 59.2 Å². The van der Waals surface area contributed by atoms with E-state index >= 15 is 0 Å². The first-order chi connectivity index (χ1) is 12.3. The third kappa shape index (κ3) is 5.87. The summed E-state index contributed by atoms with van der Waals surface area (Å²) in [6.07, 6.45) is 11.4. The third-order valence-electron chi connectivity index (χ3n) is 5.25. The van der Waals surface area contributed by atoms with E-state index < -0.39 is 0 Å². The molecule has 0 spiro atoms. The summed E-state index contributed by atoms with van der Waals surface area (Å²) in [6.45, 7) is 3.81. The first-order valence-corrected chi connectivity index (χ1v) is 9.50. The molecule has 0 amide bonds. The van der Waals surface area contributed by atoms with Crippen LogP contribution in [0.4, 0.5) is 0 Å². The molecule has 3 nitrogen and oxygen atoms in total. The van der Waals surface area contributed by atoms with Crippen molar-refractivity contribution in [3.05, 3.63) is 66.1 Å². The predicted molar refractivity (Wildman–Crippen MR) is 104 cm³/mol. The Labute approximate surface area is 151 Å². The predicted octanol–water partition coefficient (Wildman–Crippen LogP) is 4.56. The molecule has 1 fully saturated rings. The minimum atomic E-state index is 0.743. The summed E-state index contributed by atoms with van der Waals surface area (Å²) in [6, 6.07) is 14.5. The zero-order chi connectivity index (χ0) is 17.3. The maximum atomic E-state index is 5.83. The summed E-state index contributed by atoms with van der Waals surface area (Å²) >= 11 is 0. The molecule has 1 saturated carbocycles. The molecule has 0 atom stereocenters. The molecule has 1 aliphatic carbocycles. The van der Waals surface area contributed by atoms with Crippen molar-refractivity contribution in [2.75, 3.05) is 19.6 Å². The van der Waals surface area contributed by atoms with E-state index in [1.165, 1.54) is 31.2 Å². The zero-order valence-corrected chi connectivity index (χ0v) is 15.0. The lowest BCUT2D eigenvalue weighted by atomic mass is 9.82. The number of rotatable bonds is 8. The van der Waals surface area contributed by atoms with Crippen LogP contribution in [0.3, 0.4) is 0 Å². The van der Waals surface area contributed by atoms with E-state index in [0.29, 0.717) is 0 Å². The molecule has 0 radical (unpaired) electrons. The lowest BCUT2D eigenvalue weighted by Gasteiger charge is -2.31. The second-order valence-corrected chi connectivity index (χ2v) is 7.21. The summed E-state index contributed by atoms with van der Waals surface area (Å²) in [5.41, 5.74) is 7.08. The van der Waals surface area contributed by atoms with Crippen molar-refractivity contribution in [1.29, 1.82) is 0 Å². The van der Waals surface area contributed by atoms with Crippen molar-refractivity contribution in [3.8, 4) is 0 Å². The standard InChI is InChI=1S/C22H30N2O/c23-16-20-10-12-21(13-11-20)17-24(18-22-9-5-15-25-22)14-4-8-19-6-2-1-3-7-19/h1-9,15,20-21H,10-14,16-18,23H2. The zero-order valence-electron chi connectivity index (χ0n) is 15.0. The molecule has 0 bridgehead atoms. The minimum Gasteiger partial charge on any atom is -0.468 e. The van der Waals surface area contributed by atoms with Crippen LogP contribution in [0.5, 0.6) is 0 Å². The maximum Gasteiger partial charge on any atom is 0.117 e. The van der Waals surface area contributed by atoms with E-state index in [4.69, 9.17) is 10.2 Å². The number of hydrogen-bond acceptors (Lipinski definition) is 3. The highest BCUT2D eigenvalue weighted by atomic mass is 16.3. The molecule has 2 N–H and O–H groups in total. The molecule has 3 rings (SSSR count). The fourth-order valence-corrected chi connectivity index (χ4v) is 3.74. The largest absolute Gasteiger partial charge is 0.468 e. The molecule has 1 aromatic heterocycles. The lowest BCUT2D eigenvalue weighted by molar-refractivity contribution is 0.180. The van der Waals surface area contributed by atoms with Crippen LogP contribution in [0.2, 0.25) is 0 Å². The Morgan fingerprint density at radius 3 is 2.44 bits per heavy atom. The van der Waals surface area contributed by atoms with Crippen molar-refractivity contribution in [1.82, 2.24) is 4.90 Å². The molecule has 1 aliphatic rings. The topological polar surface area (TPSA) is 42.4 Å². The maximum absolute atomic E-state index is 5.83. The summed E-state index contributed by atoms with van der Waals surface area (Å²) in [7, 11) is 0. The Hall–Kier alpha value is -1.84. The van der Waals surface area contributed by atoms with E-state index in [0.717, 1.165) is 43.8 Å². The monoisotopic (exact) mass is 338 g/mol. The van der Waals surface area contributed by atoms with Gasteiger partial charge in [0.05, 0.1) is 12.8 Å². The lowest BCUT2D eigenvalue weighted by Crippen LogP contribution is -2.32. The summed E-state index contributed by atoms with van der Waals surface area (Å²) in [5.74, 6) is 2.57. The highest BCUT2D eigenvalue weighted by Gasteiger charge is 2.22. The second-order valence-electron chi connectivity index (χ2n) is 7.21. The van der Waals surface area contributed by atoms with Gasteiger partial charge >= 0.3 is 0 Å².